The Morgan fingerprint density at radius 3 is 2.45 bits per heavy atom. The molecule has 114 valence electrons. The smallest absolute Gasteiger partial charge is 0.310 e. The molecular formula is C16H27NO3. The van der Waals surface area contributed by atoms with Crippen LogP contribution >= 0.6 is 0 Å². The Balaban J connectivity index is 1.95. The van der Waals surface area contributed by atoms with Crippen molar-refractivity contribution < 1.29 is 14.7 Å². The first-order valence-corrected chi connectivity index (χ1v) is 8.08. The Hall–Kier alpha value is -1.06. The highest BCUT2D eigenvalue weighted by molar-refractivity contribution is 5.85. The minimum atomic E-state index is -0.774. The largest absolute Gasteiger partial charge is 0.481 e. The number of hydrogen-bond acceptors (Lipinski definition) is 2. The number of amides is 1. The summed E-state index contributed by atoms with van der Waals surface area (Å²) < 4.78 is 0. The van der Waals surface area contributed by atoms with Crippen molar-refractivity contribution in [1.29, 1.82) is 0 Å². The van der Waals surface area contributed by atoms with Crippen LogP contribution in [0.25, 0.3) is 0 Å². The highest BCUT2D eigenvalue weighted by Crippen LogP contribution is 2.42. The van der Waals surface area contributed by atoms with Gasteiger partial charge in [0.2, 0.25) is 5.91 Å². The van der Waals surface area contributed by atoms with Gasteiger partial charge in [-0.1, -0.05) is 26.2 Å². The van der Waals surface area contributed by atoms with E-state index in [2.05, 4.69) is 6.92 Å². The molecule has 1 amide bonds. The van der Waals surface area contributed by atoms with Crippen molar-refractivity contribution in [3.63, 3.8) is 0 Å². The van der Waals surface area contributed by atoms with E-state index >= 15 is 0 Å². The highest BCUT2D eigenvalue weighted by Gasteiger charge is 2.43. The van der Waals surface area contributed by atoms with Gasteiger partial charge >= 0.3 is 5.97 Å². The monoisotopic (exact) mass is 281 g/mol. The number of aliphatic carboxylic acids is 1. The van der Waals surface area contributed by atoms with E-state index in [-0.39, 0.29) is 12.3 Å². The molecule has 0 bridgehead atoms. The average Bonchev–Trinajstić information content (AvgIpc) is 2.76. The second-order valence-corrected chi connectivity index (χ2v) is 6.56. The molecule has 1 atom stereocenters. The first-order chi connectivity index (χ1) is 9.57. The summed E-state index contributed by atoms with van der Waals surface area (Å²) in [4.78, 5) is 25.9. The maximum atomic E-state index is 12.5. The number of carbonyl (C=O) groups is 2. The molecule has 1 aliphatic heterocycles. The van der Waals surface area contributed by atoms with Crippen molar-refractivity contribution in [2.24, 2.45) is 11.3 Å². The van der Waals surface area contributed by atoms with Crippen molar-refractivity contribution >= 4 is 11.9 Å². The van der Waals surface area contributed by atoms with Crippen molar-refractivity contribution in [1.82, 2.24) is 4.90 Å². The summed E-state index contributed by atoms with van der Waals surface area (Å²) in [6, 6.07) is 0. The van der Waals surface area contributed by atoms with Crippen molar-refractivity contribution in [2.45, 2.75) is 64.7 Å². The van der Waals surface area contributed by atoms with Gasteiger partial charge in [-0.15, -0.1) is 0 Å². The predicted molar refractivity (Wildman–Crippen MR) is 77.4 cm³/mol. The fraction of sp³-hybridized carbons (Fsp3) is 0.875. The van der Waals surface area contributed by atoms with Crippen LogP contribution in [0.4, 0.5) is 0 Å². The fourth-order valence-corrected chi connectivity index (χ4v) is 3.74. The lowest BCUT2D eigenvalue weighted by atomic mass is 9.82. The van der Waals surface area contributed by atoms with Crippen molar-refractivity contribution in [3.05, 3.63) is 0 Å². The highest BCUT2D eigenvalue weighted by atomic mass is 16.4. The third kappa shape index (κ3) is 3.33. The molecule has 1 saturated carbocycles. The van der Waals surface area contributed by atoms with Gasteiger partial charge in [-0.3, -0.25) is 9.59 Å². The average molecular weight is 281 g/mol. The summed E-state index contributed by atoms with van der Waals surface area (Å²) in [5, 5.41) is 9.48. The lowest BCUT2D eigenvalue weighted by molar-refractivity contribution is -0.153. The second kappa shape index (κ2) is 6.59. The van der Waals surface area contributed by atoms with Crippen LogP contribution in [0.3, 0.4) is 0 Å². The van der Waals surface area contributed by atoms with Crippen LogP contribution in [0.15, 0.2) is 0 Å². The standard InChI is InChI=1S/C16H27NO3/c1-2-13-6-5-10-17(11-7-13)14(18)12-16(15(19)20)8-3-4-9-16/h13H,2-12H2,1H3,(H,19,20). The maximum absolute atomic E-state index is 12.5. The van der Waals surface area contributed by atoms with Gasteiger partial charge in [0, 0.05) is 19.5 Å². The van der Waals surface area contributed by atoms with Gasteiger partial charge < -0.3 is 10.0 Å². The lowest BCUT2D eigenvalue weighted by Gasteiger charge is -2.28. The number of carboxylic acid groups (broad SMARTS) is 1. The second-order valence-electron chi connectivity index (χ2n) is 6.56. The number of likely N-dealkylation sites (tertiary alicyclic amines) is 1. The Morgan fingerprint density at radius 2 is 1.85 bits per heavy atom. The van der Waals surface area contributed by atoms with E-state index in [1.54, 1.807) is 0 Å². The molecule has 1 aliphatic carbocycles. The van der Waals surface area contributed by atoms with Crippen molar-refractivity contribution in [3.8, 4) is 0 Å². The van der Waals surface area contributed by atoms with E-state index in [0.717, 1.165) is 44.7 Å². The van der Waals surface area contributed by atoms with Crippen LogP contribution in [0, 0.1) is 11.3 Å². The van der Waals surface area contributed by atoms with Gasteiger partial charge in [0.1, 0.15) is 0 Å². The summed E-state index contributed by atoms with van der Waals surface area (Å²) in [6.07, 6.45) is 7.94. The van der Waals surface area contributed by atoms with Crippen LogP contribution in [-0.2, 0) is 9.59 Å². The molecule has 4 nitrogen and oxygen atoms in total. The number of nitrogens with zero attached hydrogens (tertiary/aromatic N) is 1. The van der Waals surface area contributed by atoms with Crippen LogP contribution in [0.5, 0.6) is 0 Å². The molecule has 2 rings (SSSR count). The molecule has 1 N–H and O–H groups in total. The minimum absolute atomic E-state index is 0.0612. The van der Waals surface area contributed by atoms with E-state index in [0.29, 0.717) is 12.8 Å². The minimum Gasteiger partial charge on any atom is -0.481 e. The zero-order valence-corrected chi connectivity index (χ0v) is 12.6. The maximum Gasteiger partial charge on any atom is 0.310 e. The molecule has 20 heavy (non-hydrogen) atoms. The number of hydrogen-bond donors (Lipinski definition) is 1. The quantitative estimate of drug-likeness (QED) is 0.861. The van der Waals surface area contributed by atoms with Gasteiger partial charge in [-0.25, -0.2) is 0 Å². The van der Waals surface area contributed by atoms with Gasteiger partial charge in [-0.2, -0.15) is 0 Å². The molecule has 0 spiro atoms. The zero-order chi connectivity index (χ0) is 14.6. The number of rotatable bonds is 4. The van der Waals surface area contributed by atoms with E-state index in [9.17, 15) is 14.7 Å². The molecule has 4 heteroatoms. The summed E-state index contributed by atoms with van der Waals surface area (Å²) in [7, 11) is 0. The normalized spacial score (nSPS) is 26.2. The van der Waals surface area contributed by atoms with E-state index in [1.807, 2.05) is 4.90 Å². The molecule has 0 aromatic rings. The molecule has 0 radical (unpaired) electrons. The Labute approximate surface area is 121 Å². The summed E-state index contributed by atoms with van der Waals surface area (Å²) in [6.45, 7) is 3.83. The van der Waals surface area contributed by atoms with Crippen LogP contribution in [0.2, 0.25) is 0 Å². The Bertz CT molecular complexity index is 361. The topological polar surface area (TPSA) is 57.6 Å². The summed E-state index contributed by atoms with van der Waals surface area (Å²) in [5.74, 6) is 0.0170. The third-order valence-electron chi connectivity index (χ3n) is 5.28. The van der Waals surface area contributed by atoms with E-state index in [4.69, 9.17) is 0 Å². The molecule has 2 fully saturated rings. The third-order valence-corrected chi connectivity index (χ3v) is 5.28. The lowest BCUT2D eigenvalue weighted by Crippen LogP contribution is -2.39. The number of carbonyl (C=O) groups excluding carboxylic acids is 1. The van der Waals surface area contributed by atoms with Crippen molar-refractivity contribution in [2.75, 3.05) is 13.1 Å². The predicted octanol–water partition coefficient (Wildman–Crippen LogP) is 3.06. The first kappa shape index (κ1) is 15.3. The SMILES string of the molecule is CCC1CCCN(C(=O)CC2(C(=O)O)CCCC2)CC1. The molecule has 1 unspecified atom stereocenters. The van der Waals surface area contributed by atoms with Gasteiger partial charge in [0.05, 0.1) is 5.41 Å². The van der Waals surface area contributed by atoms with Gasteiger partial charge in [0.25, 0.3) is 0 Å². The van der Waals surface area contributed by atoms with Gasteiger partial charge in [0.15, 0.2) is 0 Å². The summed E-state index contributed by atoms with van der Waals surface area (Å²) in [5.41, 5.74) is -0.770. The fourth-order valence-electron chi connectivity index (χ4n) is 3.74. The molecular weight excluding hydrogens is 254 g/mol. The summed E-state index contributed by atoms with van der Waals surface area (Å²) >= 11 is 0. The first-order valence-electron chi connectivity index (χ1n) is 8.08. The van der Waals surface area contributed by atoms with E-state index < -0.39 is 11.4 Å². The van der Waals surface area contributed by atoms with E-state index in [1.165, 1.54) is 12.8 Å². The molecule has 1 saturated heterocycles. The Morgan fingerprint density at radius 1 is 1.15 bits per heavy atom. The Kier molecular flexibility index (Phi) is 5.06. The molecule has 1 heterocycles. The van der Waals surface area contributed by atoms with Gasteiger partial charge in [-0.05, 0) is 38.0 Å². The molecule has 0 aromatic carbocycles. The molecule has 2 aliphatic rings. The van der Waals surface area contributed by atoms with Crippen LogP contribution < -0.4 is 0 Å². The van der Waals surface area contributed by atoms with Crippen LogP contribution in [0.1, 0.15) is 64.7 Å². The molecule has 0 aromatic heterocycles. The van der Waals surface area contributed by atoms with Crippen LogP contribution in [-0.4, -0.2) is 35.0 Å². The zero-order valence-electron chi connectivity index (χ0n) is 12.6. The number of carboxylic acids is 1.